The Morgan fingerprint density at radius 1 is 1.03 bits per heavy atom. The van der Waals surface area contributed by atoms with E-state index in [1.807, 2.05) is 36.4 Å². The van der Waals surface area contributed by atoms with Gasteiger partial charge in [-0.15, -0.1) is 0 Å². The highest BCUT2D eigenvalue weighted by Crippen LogP contribution is 2.31. The average Bonchev–Trinajstić information content (AvgIpc) is 2.74. The van der Waals surface area contributed by atoms with Gasteiger partial charge >= 0.3 is 5.97 Å². The molecule has 1 atom stereocenters. The Morgan fingerprint density at radius 2 is 1.86 bits per heavy atom. The Labute approximate surface area is 168 Å². The highest BCUT2D eigenvalue weighted by atomic mass is 19.1. The van der Waals surface area contributed by atoms with Gasteiger partial charge in [0, 0.05) is 18.5 Å². The first-order chi connectivity index (χ1) is 14.1. The van der Waals surface area contributed by atoms with Gasteiger partial charge in [-0.1, -0.05) is 42.5 Å². The van der Waals surface area contributed by atoms with Crippen molar-refractivity contribution in [1.82, 2.24) is 5.32 Å². The van der Waals surface area contributed by atoms with Crippen LogP contribution in [0.3, 0.4) is 0 Å². The fourth-order valence-electron chi connectivity index (χ4n) is 3.51. The number of halogens is 1. The third-order valence-electron chi connectivity index (χ3n) is 5.00. The van der Waals surface area contributed by atoms with Crippen LogP contribution in [0.5, 0.6) is 0 Å². The Kier molecular flexibility index (Phi) is 5.38. The van der Waals surface area contributed by atoms with Crippen molar-refractivity contribution in [3.63, 3.8) is 0 Å². The molecule has 1 aliphatic heterocycles. The van der Waals surface area contributed by atoms with E-state index < -0.39 is 0 Å². The molecule has 3 aromatic rings. The number of esters is 1. The topological polar surface area (TPSA) is 55.4 Å². The lowest BCUT2D eigenvalue weighted by Crippen LogP contribution is -2.27. The maximum Gasteiger partial charge on any atom is 0.339 e. The lowest BCUT2D eigenvalue weighted by Gasteiger charge is -2.25. The van der Waals surface area contributed by atoms with Crippen LogP contribution in [0.2, 0.25) is 0 Å². The molecule has 5 heteroatoms. The van der Waals surface area contributed by atoms with Gasteiger partial charge in [-0.2, -0.15) is 0 Å². The van der Waals surface area contributed by atoms with E-state index in [0.29, 0.717) is 30.5 Å². The quantitative estimate of drug-likeness (QED) is 0.664. The summed E-state index contributed by atoms with van der Waals surface area (Å²) in [5.41, 5.74) is 3.53. The number of ether oxygens (including phenoxy) is 1. The highest BCUT2D eigenvalue weighted by molar-refractivity contribution is 5.97. The molecule has 0 aliphatic carbocycles. The van der Waals surface area contributed by atoms with Crippen molar-refractivity contribution >= 4 is 11.9 Å². The van der Waals surface area contributed by atoms with Crippen LogP contribution in [0.25, 0.3) is 0 Å². The van der Waals surface area contributed by atoms with E-state index in [9.17, 15) is 14.0 Å². The molecule has 0 bridgehead atoms. The molecule has 1 aliphatic rings. The Balaban J connectivity index is 1.44. The van der Waals surface area contributed by atoms with Crippen LogP contribution in [0.15, 0.2) is 72.8 Å². The van der Waals surface area contributed by atoms with Crippen molar-refractivity contribution in [1.29, 1.82) is 0 Å². The van der Waals surface area contributed by atoms with E-state index in [4.69, 9.17) is 4.74 Å². The fraction of sp³-hybridized carbons (Fsp3) is 0.167. The predicted octanol–water partition coefficient (Wildman–Crippen LogP) is 4.25. The lowest BCUT2D eigenvalue weighted by atomic mass is 9.93. The summed E-state index contributed by atoms with van der Waals surface area (Å²) in [5, 5.41) is 2.85. The zero-order valence-electron chi connectivity index (χ0n) is 15.7. The first-order valence-corrected chi connectivity index (χ1v) is 9.51. The molecule has 0 saturated carbocycles. The third-order valence-corrected chi connectivity index (χ3v) is 5.00. The molecule has 29 heavy (non-hydrogen) atoms. The fourth-order valence-corrected chi connectivity index (χ4v) is 3.51. The summed E-state index contributed by atoms with van der Waals surface area (Å²) >= 11 is 0. The number of rotatable bonds is 5. The van der Waals surface area contributed by atoms with Gasteiger partial charge in [-0.25, -0.2) is 9.18 Å². The number of carbonyl (C=O) groups is 2. The summed E-state index contributed by atoms with van der Waals surface area (Å²) in [6.07, 6.45) is 0.703. The van der Waals surface area contributed by atoms with Crippen LogP contribution in [0, 0.1) is 5.82 Å². The standard InChI is InChI=1S/C24H20FNO3/c25-20-8-4-5-16(13-20)11-12-26-23(27)18-9-10-21-19(14-18)15-22(29-24(21)28)17-6-2-1-3-7-17/h1-10,13-14,22H,11-12,15H2,(H,26,27)/t22-/m1/s1. The van der Waals surface area contributed by atoms with Gasteiger partial charge in [0.15, 0.2) is 0 Å². The molecule has 0 aromatic heterocycles. The lowest BCUT2D eigenvalue weighted by molar-refractivity contribution is 0.0252. The molecule has 3 aromatic carbocycles. The smallest absolute Gasteiger partial charge is 0.339 e. The Morgan fingerprint density at radius 3 is 2.66 bits per heavy atom. The maximum atomic E-state index is 13.2. The van der Waals surface area contributed by atoms with Crippen molar-refractivity contribution in [3.05, 3.63) is 106 Å². The van der Waals surface area contributed by atoms with E-state index in [-0.39, 0.29) is 23.8 Å². The summed E-state index contributed by atoms with van der Waals surface area (Å²) in [5.74, 6) is -0.888. The summed E-state index contributed by atoms with van der Waals surface area (Å²) in [4.78, 5) is 24.9. The Hall–Kier alpha value is -3.47. The molecule has 0 fully saturated rings. The summed E-state index contributed by atoms with van der Waals surface area (Å²) < 4.78 is 18.8. The number of amides is 1. The molecule has 4 nitrogen and oxygen atoms in total. The van der Waals surface area contributed by atoms with Crippen molar-refractivity contribution in [2.24, 2.45) is 0 Å². The van der Waals surface area contributed by atoms with Crippen LogP contribution in [0.1, 0.15) is 43.5 Å². The summed E-state index contributed by atoms with van der Waals surface area (Å²) in [6, 6.07) is 20.9. The minimum Gasteiger partial charge on any atom is -0.454 e. The normalized spacial score (nSPS) is 15.3. The maximum absolute atomic E-state index is 13.2. The van der Waals surface area contributed by atoms with Gasteiger partial charge in [0.25, 0.3) is 5.91 Å². The second-order valence-corrected chi connectivity index (χ2v) is 7.02. The third kappa shape index (κ3) is 4.35. The van der Waals surface area contributed by atoms with E-state index >= 15 is 0 Å². The van der Waals surface area contributed by atoms with E-state index in [0.717, 1.165) is 16.7 Å². The van der Waals surface area contributed by atoms with Gasteiger partial charge in [0.2, 0.25) is 0 Å². The number of carbonyl (C=O) groups excluding carboxylic acids is 2. The number of hydrogen-bond donors (Lipinski definition) is 1. The van der Waals surface area contributed by atoms with Crippen LogP contribution in [-0.2, 0) is 17.6 Å². The highest BCUT2D eigenvalue weighted by Gasteiger charge is 2.28. The van der Waals surface area contributed by atoms with Crippen LogP contribution in [0.4, 0.5) is 4.39 Å². The molecule has 0 radical (unpaired) electrons. The number of cyclic esters (lactones) is 1. The van der Waals surface area contributed by atoms with Crippen molar-refractivity contribution in [2.45, 2.75) is 18.9 Å². The molecule has 1 N–H and O–H groups in total. The largest absolute Gasteiger partial charge is 0.454 e. The summed E-state index contributed by atoms with van der Waals surface area (Å²) in [7, 11) is 0. The molecule has 1 amide bonds. The predicted molar refractivity (Wildman–Crippen MR) is 107 cm³/mol. The van der Waals surface area contributed by atoms with Gasteiger partial charge < -0.3 is 10.1 Å². The minimum absolute atomic E-state index is 0.223. The molecule has 146 valence electrons. The molecular formula is C24H20FNO3. The molecular weight excluding hydrogens is 369 g/mol. The van der Waals surface area contributed by atoms with Crippen molar-refractivity contribution < 1.29 is 18.7 Å². The Bertz CT molecular complexity index is 1050. The molecule has 1 heterocycles. The van der Waals surface area contributed by atoms with Gasteiger partial charge in [0.1, 0.15) is 11.9 Å². The van der Waals surface area contributed by atoms with Crippen LogP contribution >= 0.6 is 0 Å². The van der Waals surface area contributed by atoms with Crippen molar-refractivity contribution in [2.75, 3.05) is 6.54 Å². The monoisotopic (exact) mass is 389 g/mol. The van der Waals surface area contributed by atoms with Crippen LogP contribution < -0.4 is 5.32 Å². The number of fused-ring (bicyclic) bond motifs is 1. The van der Waals surface area contributed by atoms with E-state index in [1.165, 1.54) is 12.1 Å². The first-order valence-electron chi connectivity index (χ1n) is 9.51. The first kappa shape index (κ1) is 18.9. The molecule has 0 unspecified atom stereocenters. The van der Waals surface area contributed by atoms with Gasteiger partial charge in [-0.05, 0) is 53.4 Å². The second-order valence-electron chi connectivity index (χ2n) is 7.02. The van der Waals surface area contributed by atoms with E-state index in [2.05, 4.69) is 5.32 Å². The molecule has 4 rings (SSSR count). The van der Waals surface area contributed by atoms with Crippen LogP contribution in [-0.4, -0.2) is 18.4 Å². The SMILES string of the molecule is O=C(NCCc1cccc(F)c1)c1ccc2c(c1)C[C@H](c1ccccc1)OC2=O. The van der Waals surface area contributed by atoms with Gasteiger partial charge in [0.05, 0.1) is 5.56 Å². The zero-order chi connectivity index (χ0) is 20.2. The zero-order valence-corrected chi connectivity index (χ0v) is 15.7. The van der Waals surface area contributed by atoms with Crippen molar-refractivity contribution in [3.8, 4) is 0 Å². The van der Waals surface area contributed by atoms with Gasteiger partial charge in [-0.3, -0.25) is 4.79 Å². The average molecular weight is 389 g/mol. The number of benzene rings is 3. The minimum atomic E-state index is -0.377. The molecule has 0 spiro atoms. The number of nitrogens with one attached hydrogen (secondary N) is 1. The number of hydrogen-bond acceptors (Lipinski definition) is 3. The summed E-state index contributed by atoms with van der Waals surface area (Å²) in [6.45, 7) is 0.397. The molecule has 0 saturated heterocycles. The van der Waals surface area contributed by atoms with E-state index in [1.54, 1.807) is 24.3 Å². The second kappa shape index (κ2) is 8.27.